The van der Waals surface area contributed by atoms with Crippen LogP contribution in [0.15, 0.2) is 42.1 Å². The minimum Gasteiger partial charge on any atom is -0.870 e. The quantitative estimate of drug-likeness (QED) is 0.422. The number of esters is 1. The van der Waals surface area contributed by atoms with Crippen molar-refractivity contribution < 1.29 is 43.8 Å². The molecule has 1 aromatic heterocycles. The van der Waals surface area contributed by atoms with Crippen molar-refractivity contribution in [1.29, 1.82) is 0 Å². The summed E-state index contributed by atoms with van der Waals surface area (Å²) in [5, 5.41) is 19.6. The van der Waals surface area contributed by atoms with Gasteiger partial charge in [-0.05, 0) is 0 Å². The van der Waals surface area contributed by atoms with Gasteiger partial charge in [-0.15, -0.1) is 0 Å². The maximum atomic E-state index is 11.7. The lowest BCUT2D eigenvalue weighted by Gasteiger charge is -2.29. The van der Waals surface area contributed by atoms with Gasteiger partial charge in [-0.1, -0.05) is 6.07 Å². The number of aromatic nitrogens is 1. The number of carbonyl (C=O) groups is 2. The van der Waals surface area contributed by atoms with Gasteiger partial charge in [-0.3, -0.25) is 0 Å². The monoisotopic (exact) mass is 370 g/mol. The molecule has 1 aliphatic heterocycles. The highest BCUT2D eigenvalue weighted by Gasteiger charge is 2.37. The topological polar surface area (TPSA) is 130 Å². The summed E-state index contributed by atoms with van der Waals surface area (Å²) in [4.78, 5) is 21.6. The number of cyclic esters (lactones) is 1. The van der Waals surface area contributed by atoms with Crippen LogP contribution in [0.1, 0.15) is 13.8 Å². The van der Waals surface area contributed by atoms with Crippen molar-refractivity contribution in [2.45, 2.75) is 26.2 Å². The molecule has 0 aliphatic carbocycles. The normalized spacial score (nSPS) is 15.7. The first-order chi connectivity index (χ1) is 11.4. The molecule has 0 bridgehead atoms. The lowest BCUT2D eigenvalue weighted by Crippen LogP contribution is -2.45. The smallest absolute Gasteiger partial charge is 0.351 e. The number of aliphatic carboxylic acids is 1. The Hall–Kier alpha value is -2.65. The van der Waals surface area contributed by atoms with E-state index in [1.165, 1.54) is 0 Å². The van der Waals surface area contributed by atoms with Crippen molar-refractivity contribution in [3.05, 3.63) is 42.1 Å². The molecule has 2 rings (SSSR count). The number of ether oxygens (including phenoxy) is 2. The largest absolute Gasteiger partial charge is 0.870 e. The fraction of sp³-hybridized carbons (Fsp3) is 0.471. The van der Waals surface area contributed by atoms with E-state index in [-0.39, 0.29) is 30.1 Å². The molecule has 2 heterocycles. The Balaban J connectivity index is 0.000000597. The number of carbonyl (C=O) groups excluding carboxylic acids is 2. The van der Waals surface area contributed by atoms with Crippen molar-refractivity contribution in [2.24, 2.45) is 0 Å². The number of carboxylic acids is 1. The van der Waals surface area contributed by atoms with E-state index in [0.29, 0.717) is 4.48 Å². The number of pyridine rings is 1. The van der Waals surface area contributed by atoms with Gasteiger partial charge in [-0.25, -0.2) is 9.36 Å². The van der Waals surface area contributed by atoms with E-state index in [9.17, 15) is 19.8 Å². The lowest BCUT2D eigenvalue weighted by atomic mass is 10.2. The summed E-state index contributed by atoms with van der Waals surface area (Å²) in [6, 6.07) is 5.52. The van der Waals surface area contributed by atoms with E-state index in [4.69, 9.17) is 9.47 Å². The standard InChI is InChI=1S/C12H13NO4.C5H11NO2.H2O/c1-12(2)16-10(14)9(11(15)17-12)8-13-6-4-3-5-7-13;1-6(2,3)4-5(7)8;/h3-7H,8H2,1-2H3;4H2,1-3H3;1H2. The third kappa shape index (κ3) is 8.45. The fourth-order valence-electron chi connectivity index (χ4n) is 1.93. The molecule has 1 aromatic rings. The van der Waals surface area contributed by atoms with Crippen LogP contribution in [0.5, 0.6) is 0 Å². The summed E-state index contributed by atoms with van der Waals surface area (Å²) in [7, 11) is 5.40. The van der Waals surface area contributed by atoms with Gasteiger partial charge in [0, 0.05) is 26.0 Å². The van der Waals surface area contributed by atoms with Crippen LogP contribution in [-0.2, 0) is 25.6 Å². The Morgan fingerprint density at radius 2 is 1.73 bits per heavy atom. The number of likely N-dealkylation sites (N-methyl/N-ethyl adjacent to an activating group) is 1. The molecule has 9 nitrogen and oxygen atoms in total. The average Bonchev–Trinajstić information content (AvgIpc) is 2.41. The van der Waals surface area contributed by atoms with E-state index >= 15 is 0 Å². The zero-order valence-electron chi connectivity index (χ0n) is 15.6. The number of aliphatic hydroxyl groups is 1. The minimum absolute atomic E-state index is 0. The van der Waals surface area contributed by atoms with Gasteiger partial charge in [0.2, 0.25) is 0 Å². The molecule has 9 heteroatoms. The molecule has 0 amide bonds. The van der Waals surface area contributed by atoms with Crippen LogP contribution in [0.25, 0.3) is 0 Å². The first-order valence-corrected chi connectivity index (χ1v) is 7.68. The molecule has 146 valence electrons. The molecule has 0 saturated heterocycles. The van der Waals surface area contributed by atoms with E-state index in [1.807, 2.05) is 18.2 Å². The third-order valence-corrected chi connectivity index (χ3v) is 2.91. The van der Waals surface area contributed by atoms with E-state index in [1.54, 1.807) is 52.0 Å². The second-order valence-corrected chi connectivity index (χ2v) is 7.04. The van der Waals surface area contributed by atoms with Crippen molar-refractivity contribution in [3.8, 4) is 0 Å². The van der Waals surface area contributed by atoms with Crippen LogP contribution in [0.2, 0.25) is 0 Å². The maximum Gasteiger partial charge on any atom is 0.351 e. The van der Waals surface area contributed by atoms with Crippen LogP contribution in [-0.4, -0.2) is 60.5 Å². The Morgan fingerprint density at radius 3 is 2.12 bits per heavy atom. The molecule has 0 unspecified atom stereocenters. The zero-order chi connectivity index (χ0) is 19.3. The first-order valence-electron chi connectivity index (χ1n) is 7.68. The molecule has 0 atom stereocenters. The van der Waals surface area contributed by atoms with Gasteiger partial charge in [0.15, 0.2) is 24.5 Å². The Bertz CT molecular complexity index is 649. The maximum absolute atomic E-state index is 11.7. The molecule has 0 aromatic carbocycles. The molecule has 1 aliphatic rings. The minimum atomic E-state index is -1.12. The van der Waals surface area contributed by atoms with E-state index in [0.717, 1.165) is 0 Å². The number of hydrogen-bond donors (Lipinski definition) is 1. The van der Waals surface area contributed by atoms with Gasteiger partial charge in [0.05, 0.1) is 27.1 Å². The predicted molar refractivity (Wildman–Crippen MR) is 87.4 cm³/mol. The SMILES string of the molecule is CC1(C)OC(=O)C(C[n+]2ccccc2)=C(O)O1.C[N+](C)(C)CC(=O)[O-].[OH-]. The van der Waals surface area contributed by atoms with Gasteiger partial charge < -0.3 is 34.4 Å². The van der Waals surface area contributed by atoms with Crippen LogP contribution >= 0.6 is 0 Å². The number of aliphatic hydroxyl groups excluding tert-OH is 1. The van der Waals surface area contributed by atoms with Gasteiger partial charge in [-0.2, -0.15) is 0 Å². The van der Waals surface area contributed by atoms with Crippen molar-refractivity contribution >= 4 is 11.9 Å². The van der Waals surface area contributed by atoms with Crippen molar-refractivity contribution in [2.75, 3.05) is 27.7 Å². The summed E-state index contributed by atoms with van der Waals surface area (Å²) in [6.07, 6.45) is 3.57. The Kier molecular flexibility index (Phi) is 8.23. The number of rotatable bonds is 4. The number of hydrogen-bond acceptors (Lipinski definition) is 7. The number of nitrogens with zero attached hydrogens (tertiary/aromatic N) is 2. The second kappa shape index (κ2) is 9.16. The summed E-state index contributed by atoms with van der Waals surface area (Å²) in [6.45, 7) is 3.41. The van der Waals surface area contributed by atoms with E-state index < -0.39 is 17.7 Å². The first kappa shape index (κ1) is 23.4. The van der Waals surface area contributed by atoms with Crippen LogP contribution < -0.4 is 9.67 Å². The molecular weight excluding hydrogens is 344 g/mol. The van der Waals surface area contributed by atoms with Gasteiger partial charge >= 0.3 is 5.97 Å². The van der Waals surface area contributed by atoms with Crippen LogP contribution in [0, 0.1) is 0 Å². The van der Waals surface area contributed by atoms with Gasteiger partial charge in [0.1, 0.15) is 6.54 Å². The molecule has 0 spiro atoms. The Labute approximate surface area is 152 Å². The summed E-state index contributed by atoms with van der Waals surface area (Å²) < 4.78 is 12.3. The van der Waals surface area contributed by atoms with Gasteiger partial charge in [0.25, 0.3) is 11.7 Å². The van der Waals surface area contributed by atoms with Crippen LogP contribution in [0.4, 0.5) is 0 Å². The highest BCUT2D eigenvalue weighted by molar-refractivity contribution is 5.89. The van der Waals surface area contributed by atoms with E-state index in [2.05, 4.69) is 0 Å². The molecule has 0 fully saturated rings. The Morgan fingerprint density at radius 1 is 1.19 bits per heavy atom. The second-order valence-electron chi connectivity index (χ2n) is 7.04. The zero-order valence-corrected chi connectivity index (χ0v) is 15.6. The molecule has 26 heavy (non-hydrogen) atoms. The predicted octanol–water partition coefficient (Wildman–Crippen LogP) is -0.681. The molecular formula is C17H26N2O7. The molecule has 2 N–H and O–H groups in total. The lowest BCUT2D eigenvalue weighted by molar-refractivity contribution is -0.864. The average molecular weight is 370 g/mol. The fourth-order valence-corrected chi connectivity index (χ4v) is 1.93. The molecule has 0 saturated carbocycles. The highest BCUT2D eigenvalue weighted by atomic mass is 16.8. The summed E-state index contributed by atoms with van der Waals surface area (Å²) in [5.41, 5.74) is 0.112. The summed E-state index contributed by atoms with van der Waals surface area (Å²) >= 11 is 0. The van der Waals surface area contributed by atoms with Crippen molar-refractivity contribution in [3.63, 3.8) is 0 Å². The number of quaternary nitrogens is 1. The molecule has 0 radical (unpaired) electrons. The van der Waals surface area contributed by atoms with Crippen LogP contribution in [0.3, 0.4) is 0 Å². The summed E-state index contributed by atoms with van der Waals surface area (Å²) in [5.74, 6) is -3.05. The highest BCUT2D eigenvalue weighted by Crippen LogP contribution is 2.24. The number of carboxylic acid groups (broad SMARTS) is 1. The van der Waals surface area contributed by atoms with Crippen molar-refractivity contribution in [1.82, 2.24) is 0 Å². The third-order valence-electron chi connectivity index (χ3n) is 2.91.